The van der Waals surface area contributed by atoms with E-state index in [1.54, 1.807) is 12.1 Å². The molecule has 0 fully saturated rings. The van der Waals surface area contributed by atoms with Gasteiger partial charge in [0.1, 0.15) is 0 Å². The van der Waals surface area contributed by atoms with Crippen molar-refractivity contribution in [3.05, 3.63) is 29.8 Å². The van der Waals surface area contributed by atoms with Crippen LogP contribution in [0, 0.1) is 12.3 Å². The van der Waals surface area contributed by atoms with E-state index in [-0.39, 0.29) is 11.8 Å². The highest BCUT2D eigenvalue weighted by molar-refractivity contribution is 7.91. The SMILES string of the molecule is C#CCCNC1CCS(=O)(=O)c2ccccc21. The van der Waals surface area contributed by atoms with Crippen molar-refractivity contribution in [1.82, 2.24) is 5.32 Å². The third-order valence-electron chi connectivity index (χ3n) is 2.96. The lowest BCUT2D eigenvalue weighted by Gasteiger charge is -2.26. The molecule has 4 heteroatoms. The minimum absolute atomic E-state index is 0.100. The van der Waals surface area contributed by atoms with Gasteiger partial charge < -0.3 is 5.32 Å². The molecular formula is C13H15NO2S. The molecule has 1 aliphatic heterocycles. The van der Waals surface area contributed by atoms with E-state index in [9.17, 15) is 8.42 Å². The number of fused-ring (bicyclic) bond motifs is 1. The summed E-state index contributed by atoms with van der Waals surface area (Å²) in [7, 11) is -3.09. The average molecular weight is 249 g/mol. The molecule has 0 spiro atoms. The molecule has 1 atom stereocenters. The number of sulfone groups is 1. The maximum absolute atomic E-state index is 11.9. The van der Waals surface area contributed by atoms with Crippen molar-refractivity contribution in [2.24, 2.45) is 0 Å². The minimum atomic E-state index is -3.09. The Bertz CT molecular complexity index is 543. The summed E-state index contributed by atoms with van der Waals surface area (Å²) in [6.07, 6.45) is 6.47. The van der Waals surface area contributed by atoms with Gasteiger partial charge in [0, 0.05) is 19.0 Å². The number of hydrogen-bond acceptors (Lipinski definition) is 3. The largest absolute Gasteiger partial charge is 0.309 e. The number of rotatable bonds is 3. The van der Waals surface area contributed by atoms with Crippen molar-refractivity contribution in [3.8, 4) is 12.3 Å². The number of nitrogens with one attached hydrogen (secondary N) is 1. The van der Waals surface area contributed by atoms with Crippen LogP contribution in [0.25, 0.3) is 0 Å². The van der Waals surface area contributed by atoms with Gasteiger partial charge in [0.25, 0.3) is 0 Å². The van der Waals surface area contributed by atoms with Crippen LogP contribution in [0.15, 0.2) is 29.2 Å². The van der Waals surface area contributed by atoms with Crippen LogP contribution in [0.1, 0.15) is 24.4 Å². The fraction of sp³-hybridized carbons (Fsp3) is 0.385. The molecule has 1 aromatic rings. The Kier molecular flexibility index (Phi) is 3.51. The van der Waals surface area contributed by atoms with Crippen molar-refractivity contribution in [2.45, 2.75) is 23.8 Å². The highest BCUT2D eigenvalue weighted by Gasteiger charge is 2.29. The predicted octanol–water partition coefficient (Wildman–Crippen LogP) is 1.52. The molecule has 0 saturated carbocycles. The van der Waals surface area contributed by atoms with E-state index in [0.717, 1.165) is 12.1 Å². The molecule has 0 aliphatic carbocycles. The van der Waals surface area contributed by atoms with E-state index < -0.39 is 9.84 Å². The summed E-state index contributed by atoms with van der Waals surface area (Å²) >= 11 is 0. The van der Waals surface area contributed by atoms with Gasteiger partial charge in [-0.15, -0.1) is 12.3 Å². The van der Waals surface area contributed by atoms with Crippen molar-refractivity contribution in [1.29, 1.82) is 0 Å². The maximum Gasteiger partial charge on any atom is 0.178 e. The molecule has 2 rings (SSSR count). The molecule has 3 nitrogen and oxygen atoms in total. The van der Waals surface area contributed by atoms with Gasteiger partial charge in [-0.2, -0.15) is 0 Å². The molecule has 0 saturated heterocycles. The van der Waals surface area contributed by atoms with Gasteiger partial charge in [-0.1, -0.05) is 18.2 Å². The van der Waals surface area contributed by atoms with Crippen LogP contribution < -0.4 is 5.32 Å². The van der Waals surface area contributed by atoms with Crippen LogP contribution in [0.4, 0.5) is 0 Å². The smallest absolute Gasteiger partial charge is 0.178 e. The first-order valence-electron chi connectivity index (χ1n) is 5.63. The lowest BCUT2D eigenvalue weighted by atomic mass is 10.0. The highest BCUT2D eigenvalue weighted by Crippen LogP contribution is 2.31. The first-order valence-corrected chi connectivity index (χ1v) is 7.29. The van der Waals surface area contributed by atoms with Gasteiger partial charge >= 0.3 is 0 Å². The monoisotopic (exact) mass is 249 g/mol. The second kappa shape index (κ2) is 4.91. The van der Waals surface area contributed by atoms with E-state index in [1.165, 1.54) is 0 Å². The minimum Gasteiger partial charge on any atom is -0.309 e. The Balaban J connectivity index is 2.26. The van der Waals surface area contributed by atoms with Gasteiger partial charge in [0.15, 0.2) is 9.84 Å². The van der Waals surface area contributed by atoms with Gasteiger partial charge in [0.2, 0.25) is 0 Å². The van der Waals surface area contributed by atoms with E-state index in [1.807, 2.05) is 12.1 Å². The summed E-state index contributed by atoms with van der Waals surface area (Å²) in [5.41, 5.74) is 0.871. The fourth-order valence-corrected chi connectivity index (χ4v) is 3.74. The molecule has 0 aromatic heterocycles. The molecule has 1 aliphatic rings. The molecule has 0 bridgehead atoms. The van der Waals surface area contributed by atoms with Crippen LogP contribution in [0.2, 0.25) is 0 Å². The molecule has 0 amide bonds. The van der Waals surface area contributed by atoms with Crippen molar-refractivity contribution >= 4 is 9.84 Å². The average Bonchev–Trinajstić information content (AvgIpc) is 2.33. The third kappa shape index (κ3) is 2.51. The standard InChI is InChI=1S/C13H15NO2S/c1-2-3-9-14-12-8-10-17(15,16)13-7-5-4-6-11(12)13/h1,4-7,12,14H,3,8-10H2. The first kappa shape index (κ1) is 12.2. The molecular weight excluding hydrogens is 234 g/mol. The Morgan fingerprint density at radius 1 is 1.41 bits per heavy atom. The third-order valence-corrected chi connectivity index (χ3v) is 4.78. The summed E-state index contributed by atoms with van der Waals surface area (Å²) in [6, 6.07) is 7.29. The van der Waals surface area contributed by atoms with Crippen LogP contribution >= 0.6 is 0 Å². The van der Waals surface area contributed by atoms with Gasteiger partial charge in [-0.3, -0.25) is 0 Å². The molecule has 90 valence electrons. The normalized spacial score (nSPS) is 21.5. The van der Waals surface area contributed by atoms with Crippen LogP contribution in [-0.2, 0) is 9.84 Å². The predicted molar refractivity (Wildman–Crippen MR) is 67.3 cm³/mol. The van der Waals surface area contributed by atoms with Crippen LogP contribution in [0.3, 0.4) is 0 Å². The second-order valence-electron chi connectivity index (χ2n) is 4.11. The number of hydrogen-bond donors (Lipinski definition) is 1. The molecule has 1 aromatic carbocycles. The van der Waals surface area contributed by atoms with E-state index in [2.05, 4.69) is 11.2 Å². The molecule has 0 radical (unpaired) electrons. The van der Waals surface area contributed by atoms with Crippen LogP contribution in [-0.4, -0.2) is 20.7 Å². The molecule has 1 unspecified atom stereocenters. The Labute approximate surface area is 102 Å². The van der Waals surface area contributed by atoms with Gasteiger partial charge in [0.05, 0.1) is 10.6 Å². The van der Waals surface area contributed by atoms with Gasteiger partial charge in [-0.05, 0) is 18.1 Å². The summed E-state index contributed by atoms with van der Waals surface area (Å²) in [4.78, 5) is 0.462. The lowest BCUT2D eigenvalue weighted by Crippen LogP contribution is -2.30. The van der Waals surface area contributed by atoms with E-state index >= 15 is 0 Å². The fourth-order valence-electron chi connectivity index (χ4n) is 2.12. The molecule has 1 N–H and O–H groups in total. The van der Waals surface area contributed by atoms with Crippen molar-refractivity contribution in [2.75, 3.05) is 12.3 Å². The van der Waals surface area contributed by atoms with E-state index in [0.29, 0.717) is 17.7 Å². The number of benzene rings is 1. The summed E-state index contributed by atoms with van der Waals surface area (Å²) in [5, 5.41) is 3.31. The van der Waals surface area contributed by atoms with Crippen LogP contribution in [0.5, 0.6) is 0 Å². The summed E-state index contributed by atoms with van der Waals surface area (Å²) < 4.78 is 23.8. The van der Waals surface area contributed by atoms with Crippen molar-refractivity contribution in [3.63, 3.8) is 0 Å². The highest BCUT2D eigenvalue weighted by atomic mass is 32.2. The topological polar surface area (TPSA) is 46.2 Å². The van der Waals surface area contributed by atoms with Crippen molar-refractivity contribution < 1.29 is 8.42 Å². The second-order valence-corrected chi connectivity index (χ2v) is 6.18. The summed E-state index contributed by atoms with van der Waals surface area (Å²) in [6.45, 7) is 0.718. The first-order chi connectivity index (χ1) is 8.15. The molecule has 17 heavy (non-hydrogen) atoms. The maximum atomic E-state index is 11.9. The zero-order valence-corrected chi connectivity index (χ0v) is 10.3. The Morgan fingerprint density at radius 2 is 2.18 bits per heavy atom. The Hall–Kier alpha value is -1.31. The number of terminal acetylenes is 1. The Morgan fingerprint density at radius 3 is 2.94 bits per heavy atom. The quantitative estimate of drug-likeness (QED) is 0.652. The molecule has 1 heterocycles. The zero-order valence-electron chi connectivity index (χ0n) is 9.52. The van der Waals surface area contributed by atoms with Gasteiger partial charge in [-0.25, -0.2) is 8.42 Å². The lowest BCUT2D eigenvalue weighted by molar-refractivity contribution is 0.498. The van der Waals surface area contributed by atoms with E-state index in [4.69, 9.17) is 6.42 Å². The zero-order chi connectivity index (χ0) is 12.3. The summed E-state index contributed by atoms with van der Waals surface area (Å²) in [5.74, 6) is 2.77.